The molecule has 0 aliphatic carbocycles. The molecule has 0 aromatic rings. The smallest absolute Gasteiger partial charge is 0.312 e. The molecule has 0 aliphatic rings. The Bertz CT molecular complexity index is 419. The molecule has 0 rings (SSSR count). The summed E-state index contributed by atoms with van der Waals surface area (Å²) in [4.78, 5) is 0. The Balaban J connectivity index is 3.10. The lowest BCUT2D eigenvalue weighted by Crippen LogP contribution is -1.94. The van der Waals surface area contributed by atoms with Crippen molar-refractivity contribution in [3.05, 3.63) is 0 Å². The van der Waals surface area contributed by atoms with Crippen LogP contribution >= 0.6 is 7.60 Å². The molecular weight excluding hydrogens is 439 g/mol. The lowest BCUT2D eigenvalue weighted by atomic mass is 10.0. The molecule has 4 heteroatoms. The summed E-state index contributed by atoms with van der Waals surface area (Å²) in [7, 11) is 0.173. The van der Waals surface area contributed by atoms with Gasteiger partial charge in [0.2, 0.25) is 0 Å². The average molecular weight is 503 g/mol. The SMILES string of the molecule is CCCCCCCCCCCCCCCCCCCCCCCCCCCCP(=O)(OC)OC. The van der Waals surface area contributed by atoms with Gasteiger partial charge in [-0.05, 0) is 6.42 Å². The molecule has 0 fully saturated rings. The first-order chi connectivity index (χ1) is 16.7. The van der Waals surface area contributed by atoms with Crippen molar-refractivity contribution in [2.45, 2.75) is 174 Å². The lowest BCUT2D eigenvalue weighted by molar-refractivity contribution is 0.275. The summed E-state index contributed by atoms with van der Waals surface area (Å²) in [6.07, 6.45) is 36.9. The molecule has 0 aromatic heterocycles. The maximum absolute atomic E-state index is 11.9. The fourth-order valence-corrected chi connectivity index (χ4v) is 6.00. The molecule has 0 atom stereocenters. The predicted molar refractivity (Wildman–Crippen MR) is 152 cm³/mol. The van der Waals surface area contributed by atoms with Crippen molar-refractivity contribution in [3.8, 4) is 0 Å². The molecule has 0 amide bonds. The zero-order valence-electron chi connectivity index (χ0n) is 23.8. The summed E-state index contributed by atoms with van der Waals surface area (Å²) in [5.41, 5.74) is 0. The topological polar surface area (TPSA) is 35.5 Å². The standard InChI is InChI=1S/C30H63O3P/c1-4-5-6-7-8-9-10-11-12-13-14-15-16-17-18-19-20-21-22-23-24-25-26-27-28-29-30-34(31,32-2)33-3/h4-30H2,1-3H3. The molecular formula is C30H63O3P. The minimum absolute atomic E-state index is 0.555. The van der Waals surface area contributed by atoms with Crippen molar-refractivity contribution in [3.63, 3.8) is 0 Å². The van der Waals surface area contributed by atoms with E-state index in [-0.39, 0.29) is 0 Å². The van der Waals surface area contributed by atoms with Crippen molar-refractivity contribution in [1.29, 1.82) is 0 Å². The molecule has 0 radical (unpaired) electrons. The van der Waals surface area contributed by atoms with E-state index in [4.69, 9.17) is 9.05 Å². The normalized spacial score (nSPS) is 12.0. The van der Waals surface area contributed by atoms with Crippen LogP contribution in [-0.4, -0.2) is 20.4 Å². The van der Waals surface area contributed by atoms with E-state index >= 15 is 0 Å². The molecule has 0 unspecified atom stereocenters. The summed E-state index contributed by atoms with van der Waals surface area (Å²) < 4.78 is 21.9. The summed E-state index contributed by atoms with van der Waals surface area (Å²) >= 11 is 0. The van der Waals surface area contributed by atoms with Crippen molar-refractivity contribution >= 4 is 7.60 Å². The van der Waals surface area contributed by atoms with Crippen LogP contribution in [0.5, 0.6) is 0 Å². The maximum Gasteiger partial charge on any atom is 0.330 e. The van der Waals surface area contributed by atoms with Gasteiger partial charge in [0.25, 0.3) is 0 Å². The maximum atomic E-state index is 11.9. The molecule has 0 spiro atoms. The minimum atomic E-state index is -2.78. The van der Waals surface area contributed by atoms with Gasteiger partial charge >= 0.3 is 7.60 Å². The Hall–Kier alpha value is 0.150. The second-order valence-electron chi connectivity index (χ2n) is 10.5. The van der Waals surface area contributed by atoms with Gasteiger partial charge in [0.15, 0.2) is 0 Å². The fraction of sp³-hybridized carbons (Fsp3) is 1.00. The fourth-order valence-electron chi connectivity index (χ4n) is 4.88. The molecule has 0 bridgehead atoms. The van der Waals surface area contributed by atoms with E-state index in [1.54, 1.807) is 0 Å². The van der Waals surface area contributed by atoms with Crippen LogP contribution in [0.25, 0.3) is 0 Å². The highest BCUT2D eigenvalue weighted by Gasteiger charge is 2.19. The molecule has 3 nitrogen and oxygen atoms in total. The Morgan fingerprint density at radius 2 is 0.588 bits per heavy atom. The zero-order chi connectivity index (χ0) is 25.0. The van der Waals surface area contributed by atoms with Gasteiger partial charge < -0.3 is 9.05 Å². The monoisotopic (exact) mass is 502 g/mol. The van der Waals surface area contributed by atoms with Gasteiger partial charge in [-0.3, -0.25) is 4.57 Å². The van der Waals surface area contributed by atoms with E-state index in [2.05, 4.69) is 6.92 Å². The van der Waals surface area contributed by atoms with E-state index in [9.17, 15) is 4.57 Å². The summed E-state index contributed by atoms with van der Waals surface area (Å²) in [5.74, 6) is 0. The summed E-state index contributed by atoms with van der Waals surface area (Å²) in [6, 6.07) is 0. The Labute approximate surface area is 215 Å². The third kappa shape index (κ3) is 25.2. The predicted octanol–water partition coefficient (Wildman–Crippen LogP) is 11.6. The van der Waals surface area contributed by atoms with Crippen LogP contribution in [0.15, 0.2) is 0 Å². The van der Waals surface area contributed by atoms with Crippen LogP contribution in [-0.2, 0) is 13.6 Å². The molecule has 34 heavy (non-hydrogen) atoms. The Kier molecular flexibility index (Phi) is 27.9. The highest BCUT2D eigenvalue weighted by Crippen LogP contribution is 2.47. The minimum Gasteiger partial charge on any atom is -0.312 e. The van der Waals surface area contributed by atoms with E-state index in [0.717, 1.165) is 12.8 Å². The Morgan fingerprint density at radius 3 is 0.794 bits per heavy atom. The molecule has 206 valence electrons. The molecule has 0 heterocycles. The van der Waals surface area contributed by atoms with Gasteiger partial charge in [-0.25, -0.2) is 0 Å². The first-order valence-corrected chi connectivity index (χ1v) is 17.1. The third-order valence-corrected chi connectivity index (χ3v) is 9.32. The quantitative estimate of drug-likeness (QED) is 0.0753. The van der Waals surface area contributed by atoms with Crippen molar-refractivity contribution in [2.75, 3.05) is 20.4 Å². The van der Waals surface area contributed by atoms with Gasteiger partial charge in [-0.2, -0.15) is 0 Å². The molecule has 0 N–H and O–H groups in total. The number of hydrogen-bond donors (Lipinski definition) is 0. The van der Waals surface area contributed by atoms with Gasteiger partial charge in [0.1, 0.15) is 0 Å². The zero-order valence-corrected chi connectivity index (χ0v) is 24.7. The van der Waals surface area contributed by atoms with Crippen LogP contribution in [0.4, 0.5) is 0 Å². The highest BCUT2D eigenvalue weighted by atomic mass is 31.2. The van der Waals surface area contributed by atoms with E-state index in [0.29, 0.717) is 6.16 Å². The van der Waals surface area contributed by atoms with Gasteiger partial charge in [-0.1, -0.05) is 167 Å². The third-order valence-electron chi connectivity index (χ3n) is 7.34. The summed E-state index contributed by atoms with van der Waals surface area (Å²) in [5, 5.41) is 0. The van der Waals surface area contributed by atoms with Crippen LogP contribution in [0.1, 0.15) is 174 Å². The number of hydrogen-bond acceptors (Lipinski definition) is 3. The van der Waals surface area contributed by atoms with Crippen molar-refractivity contribution < 1.29 is 13.6 Å². The van der Waals surface area contributed by atoms with E-state index in [1.165, 1.54) is 168 Å². The molecule has 0 aromatic carbocycles. The van der Waals surface area contributed by atoms with Gasteiger partial charge in [-0.15, -0.1) is 0 Å². The largest absolute Gasteiger partial charge is 0.330 e. The first kappa shape index (κ1) is 34.1. The van der Waals surface area contributed by atoms with Crippen molar-refractivity contribution in [2.24, 2.45) is 0 Å². The second-order valence-corrected chi connectivity index (χ2v) is 12.9. The van der Waals surface area contributed by atoms with Crippen LogP contribution < -0.4 is 0 Å². The molecule has 0 saturated carbocycles. The Morgan fingerprint density at radius 1 is 0.382 bits per heavy atom. The van der Waals surface area contributed by atoms with Crippen molar-refractivity contribution in [1.82, 2.24) is 0 Å². The first-order valence-electron chi connectivity index (χ1n) is 15.4. The average Bonchev–Trinajstić information content (AvgIpc) is 2.86. The van der Waals surface area contributed by atoms with Crippen LogP contribution in [0.2, 0.25) is 0 Å². The molecule has 0 aliphatic heterocycles. The molecule has 0 saturated heterocycles. The highest BCUT2D eigenvalue weighted by molar-refractivity contribution is 7.53. The van der Waals surface area contributed by atoms with Gasteiger partial charge in [0.05, 0.1) is 6.16 Å². The number of rotatable bonds is 29. The summed E-state index contributed by atoms with van der Waals surface area (Å²) in [6.45, 7) is 2.30. The number of unbranched alkanes of at least 4 members (excludes halogenated alkanes) is 25. The van der Waals surface area contributed by atoms with E-state index < -0.39 is 7.60 Å². The van der Waals surface area contributed by atoms with Crippen LogP contribution in [0.3, 0.4) is 0 Å². The second kappa shape index (κ2) is 27.7. The van der Waals surface area contributed by atoms with Gasteiger partial charge in [0, 0.05) is 14.2 Å². The van der Waals surface area contributed by atoms with E-state index in [1.807, 2.05) is 0 Å². The lowest BCUT2D eigenvalue weighted by Gasteiger charge is -2.12. The van der Waals surface area contributed by atoms with Crippen LogP contribution in [0, 0.1) is 0 Å².